The van der Waals surface area contributed by atoms with Gasteiger partial charge in [-0.25, -0.2) is 9.67 Å². The molecule has 4 aromatic rings. The van der Waals surface area contributed by atoms with E-state index in [4.69, 9.17) is 11.6 Å². The van der Waals surface area contributed by atoms with E-state index in [1.807, 2.05) is 38.1 Å². The highest BCUT2D eigenvalue weighted by Gasteiger charge is 2.20. The van der Waals surface area contributed by atoms with E-state index < -0.39 is 6.04 Å². The normalized spacial score (nSPS) is 11.8. The summed E-state index contributed by atoms with van der Waals surface area (Å²) in [6, 6.07) is 11.8. The molecule has 0 spiro atoms. The van der Waals surface area contributed by atoms with E-state index in [0.29, 0.717) is 33.5 Å². The fraction of sp³-hybridized carbons (Fsp3) is 0.208. The maximum Gasteiger partial charge on any atom is 0.259 e. The molecule has 2 N–H and O–H groups in total. The molecule has 0 aliphatic heterocycles. The molecule has 1 aromatic carbocycles. The zero-order valence-corrected chi connectivity index (χ0v) is 20.0. The lowest BCUT2D eigenvalue weighted by Gasteiger charge is -2.16. The number of benzene rings is 1. The molecule has 4 rings (SSSR count). The molecule has 0 bridgehead atoms. The summed E-state index contributed by atoms with van der Waals surface area (Å²) in [5.74, 6) is 0.0463. The number of carbonyl (C=O) groups excluding carboxylic acids is 2. The van der Waals surface area contributed by atoms with Gasteiger partial charge in [0.2, 0.25) is 5.91 Å². The predicted octanol–water partition coefficient (Wildman–Crippen LogP) is 4.49. The molecule has 34 heavy (non-hydrogen) atoms. The Bertz CT molecular complexity index is 1360. The Morgan fingerprint density at radius 3 is 2.50 bits per heavy atom. The molecule has 3 aromatic heterocycles. The molecular weight excluding hydrogens is 454 g/mol. The topological polar surface area (TPSA) is 107 Å². The van der Waals surface area contributed by atoms with Gasteiger partial charge in [0.1, 0.15) is 6.04 Å². The van der Waals surface area contributed by atoms with Gasteiger partial charge in [-0.2, -0.15) is 10.2 Å². The molecule has 174 valence electrons. The second-order valence-electron chi connectivity index (χ2n) is 7.93. The standard InChI is InChI=1S/C24H24ClN7O2/c1-14-11-15(2)31(30-14)17(4)23(33)29-21-9-8-18(12-20(21)25)28-24(34)19-13-27-32(16(19)3)22-7-5-6-10-26-22/h5-13,17H,1-4H3,(H,28,34)(H,29,33). The van der Waals surface area contributed by atoms with Crippen molar-refractivity contribution in [3.8, 4) is 5.82 Å². The lowest BCUT2D eigenvalue weighted by molar-refractivity contribution is -0.119. The van der Waals surface area contributed by atoms with Gasteiger partial charge >= 0.3 is 0 Å². The molecule has 0 saturated carbocycles. The average Bonchev–Trinajstić information content (AvgIpc) is 3.36. The van der Waals surface area contributed by atoms with E-state index >= 15 is 0 Å². The van der Waals surface area contributed by atoms with Gasteiger partial charge in [0.25, 0.3) is 5.91 Å². The van der Waals surface area contributed by atoms with Crippen LogP contribution in [0, 0.1) is 20.8 Å². The van der Waals surface area contributed by atoms with Crippen molar-refractivity contribution < 1.29 is 9.59 Å². The third-order valence-electron chi connectivity index (χ3n) is 5.40. The van der Waals surface area contributed by atoms with Crippen LogP contribution < -0.4 is 10.6 Å². The van der Waals surface area contributed by atoms with Gasteiger partial charge in [0, 0.05) is 17.6 Å². The van der Waals surface area contributed by atoms with Crippen molar-refractivity contribution >= 4 is 34.8 Å². The molecule has 0 aliphatic rings. The monoisotopic (exact) mass is 477 g/mol. The number of amides is 2. The number of rotatable bonds is 6. The van der Waals surface area contributed by atoms with Crippen LogP contribution in [-0.4, -0.2) is 36.4 Å². The zero-order valence-electron chi connectivity index (χ0n) is 19.2. The first kappa shape index (κ1) is 23.2. The Balaban J connectivity index is 1.45. The molecule has 2 amide bonds. The molecule has 9 nitrogen and oxygen atoms in total. The number of hydrogen-bond acceptors (Lipinski definition) is 5. The van der Waals surface area contributed by atoms with Crippen LogP contribution in [0.1, 0.15) is 40.4 Å². The van der Waals surface area contributed by atoms with Crippen LogP contribution in [0.5, 0.6) is 0 Å². The number of nitrogens with one attached hydrogen (secondary N) is 2. The van der Waals surface area contributed by atoms with Crippen LogP contribution in [-0.2, 0) is 4.79 Å². The number of pyridine rings is 1. The summed E-state index contributed by atoms with van der Waals surface area (Å²) < 4.78 is 3.27. The van der Waals surface area contributed by atoms with E-state index in [2.05, 4.69) is 25.8 Å². The Morgan fingerprint density at radius 2 is 1.85 bits per heavy atom. The summed E-state index contributed by atoms with van der Waals surface area (Å²) in [6.45, 7) is 7.34. The number of nitrogens with zero attached hydrogens (tertiary/aromatic N) is 5. The summed E-state index contributed by atoms with van der Waals surface area (Å²) in [7, 11) is 0. The molecule has 0 radical (unpaired) electrons. The highest BCUT2D eigenvalue weighted by molar-refractivity contribution is 6.34. The number of carbonyl (C=O) groups is 2. The Kier molecular flexibility index (Phi) is 6.47. The number of halogens is 1. The summed E-state index contributed by atoms with van der Waals surface area (Å²) in [5, 5.41) is 14.6. The SMILES string of the molecule is Cc1cc(C)n(C(C)C(=O)Nc2ccc(NC(=O)c3cnn(-c4ccccn4)c3C)cc2Cl)n1. The minimum absolute atomic E-state index is 0.248. The second kappa shape index (κ2) is 9.48. The predicted molar refractivity (Wildman–Crippen MR) is 131 cm³/mol. The maximum absolute atomic E-state index is 12.8. The summed E-state index contributed by atoms with van der Waals surface area (Å²) >= 11 is 6.39. The van der Waals surface area contributed by atoms with E-state index in [0.717, 1.165) is 11.4 Å². The lowest BCUT2D eigenvalue weighted by Crippen LogP contribution is -2.25. The number of aryl methyl sites for hydroxylation is 2. The molecule has 0 saturated heterocycles. The van der Waals surface area contributed by atoms with Gasteiger partial charge in [-0.1, -0.05) is 17.7 Å². The Labute approximate surface area is 201 Å². The summed E-state index contributed by atoms with van der Waals surface area (Å²) in [5.41, 5.74) is 3.74. The molecule has 1 atom stereocenters. The number of aromatic nitrogens is 5. The fourth-order valence-electron chi connectivity index (χ4n) is 3.62. The third kappa shape index (κ3) is 4.69. The number of anilines is 2. The number of hydrogen-bond donors (Lipinski definition) is 2. The third-order valence-corrected chi connectivity index (χ3v) is 5.71. The summed E-state index contributed by atoms with van der Waals surface area (Å²) in [6.07, 6.45) is 3.16. The molecule has 0 aliphatic carbocycles. The summed E-state index contributed by atoms with van der Waals surface area (Å²) in [4.78, 5) is 29.8. The van der Waals surface area contributed by atoms with E-state index in [1.165, 1.54) is 6.20 Å². The first-order chi connectivity index (χ1) is 16.2. The van der Waals surface area contributed by atoms with Crippen molar-refractivity contribution in [2.24, 2.45) is 0 Å². The molecule has 0 fully saturated rings. The van der Waals surface area contributed by atoms with Crippen LogP contribution in [0.25, 0.3) is 5.82 Å². The fourth-order valence-corrected chi connectivity index (χ4v) is 3.85. The van der Waals surface area contributed by atoms with Crippen molar-refractivity contribution in [3.63, 3.8) is 0 Å². The van der Waals surface area contributed by atoms with Gasteiger partial charge in [-0.05, 0) is 64.1 Å². The molecule has 10 heteroatoms. The van der Waals surface area contributed by atoms with Crippen molar-refractivity contribution in [1.82, 2.24) is 24.5 Å². The highest BCUT2D eigenvalue weighted by atomic mass is 35.5. The van der Waals surface area contributed by atoms with Crippen LogP contribution in [0.2, 0.25) is 5.02 Å². The minimum atomic E-state index is -0.511. The van der Waals surface area contributed by atoms with Gasteiger partial charge < -0.3 is 10.6 Å². The van der Waals surface area contributed by atoms with E-state index in [-0.39, 0.29) is 11.8 Å². The van der Waals surface area contributed by atoms with E-state index in [9.17, 15) is 9.59 Å². The van der Waals surface area contributed by atoms with Crippen molar-refractivity contribution in [3.05, 3.63) is 82.5 Å². The zero-order chi connectivity index (χ0) is 24.4. The Hall–Kier alpha value is -3.98. The van der Waals surface area contributed by atoms with Gasteiger partial charge in [-0.15, -0.1) is 0 Å². The van der Waals surface area contributed by atoms with Crippen LogP contribution in [0.4, 0.5) is 11.4 Å². The maximum atomic E-state index is 12.8. The molecular formula is C24H24ClN7O2. The van der Waals surface area contributed by atoms with Gasteiger partial charge in [0.05, 0.1) is 33.9 Å². The van der Waals surface area contributed by atoms with Crippen LogP contribution in [0.15, 0.2) is 54.9 Å². The molecule has 3 heterocycles. The van der Waals surface area contributed by atoms with Crippen molar-refractivity contribution in [2.45, 2.75) is 33.7 Å². The van der Waals surface area contributed by atoms with Crippen LogP contribution in [0.3, 0.4) is 0 Å². The highest BCUT2D eigenvalue weighted by Crippen LogP contribution is 2.27. The van der Waals surface area contributed by atoms with E-state index in [1.54, 1.807) is 47.6 Å². The minimum Gasteiger partial charge on any atom is -0.323 e. The first-order valence-corrected chi connectivity index (χ1v) is 11.0. The van der Waals surface area contributed by atoms with Crippen LogP contribution >= 0.6 is 11.6 Å². The van der Waals surface area contributed by atoms with Gasteiger partial charge in [-0.3, -0.25) is 14.3 Å². The molecule has 1 unspecified atom stereocenters. The smallest absolute Gasteiger partial charge is 0.259 e. The van der Waals surface area contributed by atoms with Crippen molar-refractivity contribution in [2.75, 3.05) is 10.6 Å². The second-order valence-corrected chi connectivity index (χ2v) is 8.34. The van der Waals surface area contributed by atoms with Crippen molar-refractivity contribution in [1.29, 1.82) is 0 Å². The lowest BCUT2D eigenvalue weighted by atomic mass is 10.2. The quantitative estimate of drug-likeness (QED) is 0.425. The average molecular weight is 478 g/mol. The van der Waals surface area contributed by atoms with Gasteiger partial charge in [0.15, 0.2) is 5.82 Å². The largest absolute Gasteiger partial charge is 0.323 e. The first-order valence-electron chi connectivity index (χ1n) is 10.6. The Morgan fingerprint density at radius 1 is 1.06 bits per heavy atom.